The third kappa shape index (κ3) is 3.35. The van der Waals surface area contributed by atoms with Crippen LogP contribution in [-0.2, 0) is 6.54 Å². The summed E-state index contributed by atoms with van der Waals surface area (Å²) < 4.78 is 18.8. The zero-order valence-corrected chi connectivity index (χ0v) is 14.6. The fourth-order valence-corrected chi connectivity index (χ4v) is 3.42. The number of nitrogens with zero attached hydrogens (tertiary/aromatic N) is 2. The molecule has 1 aliphatic rings. The lowest BCUT2D eigenvalue weighted by Gasteiger charge is -2.21. The van der Waals surface area contributed by atoms with Crippen LogP contribution in [0.25, 0.3) is 10.8 Å². The highest BCUT2D eigenvalue weighted by Gasteiger charge is 2.35. The van der Waals surface area contributed by atoms with Gasteiger partial charge in [0.25, 0.3) is 5.91 Å². The number of amides is 1. The van der Waals surface area contributed by atoms with Crippen molar-refractivity contribution in [2.45, 2.75) is 32.4 Å². The number of carbonyl (C=O) groups is 1. The van der Waals surface area contributed by atoms with E-state index in [-0.39, 0.29) is 17.8 Å². The van der Waals surface area contributed by atoms with Crippen LogP contribution < -0.4 is 0 Å². The minimum Gasteiger partial charge on any atom is -0.440 e. The van der Waals surface area contributed by atoms with E-state index in [9.17, 15) is 9.18 Å². The van der Waals surface area contributed by atoms with Gasteiger partial charge in [-0.3, -0.25) is 4.79 Å². The molecule has 0 spiro atoms. The predicted molar refractivity (Wildman–Crippen MR) is 93.8 cm³/mol. The van der Waals surface area contributed by atoms with E-state index in [2.05, 4.69) is 4.98 Å². The van der Waals surface area contributed by atoms with Gasteiger partial charge in [-0.05, 0) is 48.9 Å². The SMILES string of the molecule is Cc1oc(-c2cccs2)nc1C(=O)N(Cc1ccc(F)cc1)C1CC1. The van der Waals surface area contributed by atoms with Gasteiger partial charge in [0.15, 0.2) is 5.69 Å². The summed E-state index contributed by atoms with van der Waals surface area (Å²) in [5.74, 6) is 0.600. The van der Waals surface area contributed by atoms with Gasteiger partial charge in [0.2, 0.25) is 5.89 Å². The molecule has 2 aromatic heterocycles. The number of aromatic nitrogens is 1. The molecule has 1 aromatic carbocycles. The standard InChI is InChI=1S/C19H17FN2O2S/c1-12-17(21-18(24-12)16-3-2-10-25-16)19(23)22(15-8-9-15)11-13-4-6-14(20)7-5-13/h2-7,10,15H,8-9,11H2,1H3. The summed E-state index contributed by atoms with van der Waals surface area (Å²) in [6.45, 7) is 2.21. The van der Waals surface area contributed by atoms with Gasteiger partial charge in [0.05, 0.1) is 4.88 Å². The van der Waals surface area contributed by atoms with Gasteiger partial charge in [-0.15, -0.1) is 11.3 Å². The number of carbonyl (C=O) groups excluding carboxylic acids is 1. The maximum atomic E-state index is 13.1. The Labute approximate surface area is 148 Å². The average molecular weight is 356 g/mol. The molecule has 1 saturated carbocycles. The number of hydrogen-bond donors (Lipinski definition) is 0. The van der Waals surface area contributed by atoms with Crippen molar-refractivity contribution in [3.8, 4) is 10.8 Å². The lowest BCUT2D eigenvalue weighted by molar-refractivity contribution is 0.0723. The van der Waals surface area contributed by atoms with Crippen LogP contribution in [0.4, 0.5) is 4.39 Å². The molecule has 128 valence electrons. The molecule has 0 aliphatic heterocycles. The van der Waals surface area contributed by atoms with Gasteiger partial charge in [-0.25, -0.2) is 9.37 Å². The van der Waals surface area contributed by atoms with Crippen molar-refractivity contribution in [1.82, 2.24) is 9.88 Å². The first-order valence-corrected chi connectivity index (χ1v) is 9.06. The maximum absolute atomic E-state index is 13.1. The summed E-state index contributed by atoms with van der Waals surface area (Å²) in [5, 5.41) is 1.95. The highest BCUT2D eigenvalue weighted by molar-refractivity contribution is 7.13. The molecule has 4 nitrogen and oxygen atoms in total. The zero-order chi connectivity index (χ0) is 17.4. The minimum atomic E-state index is -0.277. The number of thiophene rings is 1. The summed E-state index contributed by atoms with van der Waals surface area (Å²) in [7, 11) is 0. The lowest BCUT2D eigenvalue weighted by atomic mass is 10.2. The molecule has 0 N–H and O–H groups in total. The maximum Gasteiger partial charge on any atom is 0.276 e. The number of oxazole rings is 1. The first kappa shape index (κ1) is 16.0. The molecule has 25 heavy (non-hydrogen) atoms. The number of rotatable bonds is 5. The van der Waals surface area contributed by atoms with Crippen LogP contribution in [0.2, 0.25) is 0 Å². The fourth-order valence-electron chi connectivity index (χ4n) is 2.78. The Balaban J connectivity index is 1.60. The second-order valence-corrected chi connectivity index (χ2v) is 7.14. The van der Waals surface area contributed by atoms with E-state index >= 15 is 0 Å². The number of halogens is 1. The molecule has 0 unspecified atom stereocenters. The van der Waals surface area contributed by atoms with Crippen molar-refractivity contribution in [3.05, 3.63) is 64.6 Å². The van der Waals surface area contributed by atoms with Gasteiger partial charge in [0, 0.05) is 12.6 Å². The van der Waals surface area contributed by atoms with E-state index in [0.717, 1.165) is 23.3 Å². The second-order valence-electron chi connectivity index (χ2n) is 6.19. The Morgan fingerprint density at radius 3 is 2.72 bits per heavy atom. The molecule has 4 rings (SSSR count). The molecule has 1 fully saturated rings. The number of hydrogen-bond acceptors (Lipinski definition) is 4. The third-order valence-electron chi connectivity index (χ3n) is 4.25. The smallest absolute Gasteiger partial charge is 0.276 e. The van der Waals surface area contributed by atoms with Crippen molar-refractivity contribution in [2.75, 3.05) is 0 Å². The quantitative estimate of drug-likeness (QED) is 0.668. The Hall–Kier alpha value is -2.47. The highest BCUT2D eigenvalue weighted by atomic mass is 32.1. The fraction of sp³-hybridized carbons (Fsp3) is 0.263. The number of benzene rings is 1. The van der Waals surface area contributed by atoms with Crippen LogP contribution in [0.15, 0.2) is 46.2 Å². The summed E-state index contributed by atoms with van der Waals surface area (Å²) in [6.07, 6.45) is 1.98. The molecular weight excluding hydrogens is 339 g/mol. The van der Waals surface area contributed by atoms with Crippen LogP contribution >= 0.6 is 11.3 Å². The van der Waals surface area contributed by atoms with Crippen molar-refractivity contribution < 1.29 is 13.6 Å². The van der Waals surface area contributed by atoms with Crippen molar-refractivity contribution in [1.29, 1.82) is 0 Å². The molecule has 2 heterocycles. The number of aryl methyl sites for hydroxylation is 1. The summed E-state index contributed by atoms with van der Waals surface area (Å²) in [5.41, 5.74) is 1.26. The minimum absolute atomic E-state index is 0.129. The Bertz CT molecular complexity index is 883. The molecule has 1 aliphatic carbocycles. The van der Waals surface area contributed by atoms with Crippen molar-refractivity contribution >= 4 is 17.2 Å². The molecule has 3 aromatic rings. The monoisotopic (exact) mass is 356 g/mol. The third-order valence-corrected chi connectivity index (χ3v) is 5.10. The summed E-state index contributed by atoms with van der Waals surface area (Å²) in [4.78, 5) is 20.2. The molecule has 1 amide bonds. The van der Waals surface area contributed by atoms with Crippen LogP contribution in [0.5, 0.6) is 0 Å². The molecular formula is C19H17FN2O2S. The molecule has 0 radical (unpaired) electrons. The largest absolute Gasteiger partial charge is 0.440 e. The Morgan fingerprint density at radius 2 is 2.08 bits per heavy atom. The highest BCUT2D eigenvalue weighted by Crippen LogP contribution is 2.32. The van der Waals surface area contributed by atoms with Crippen LogP contribution in [-0.4, -0.2) is 21.8 Å². The van der Waals surface area contributed by atoms with Crippen LogP contribution in [0.1, 0.15) is 34.7 Å². The van der Waals surface area contributed by atoms with Gasteiger partial charge < -0.3 is 9.32 Å². The van der Waals surface area contributed by atoms with Gasteiger partial charge in [-0.1, -0.05) is 18.2 Å². The second kappa shape index (κ2) is 6.44. The van der Waals surface area contributed by atoms with E-state index in [4.69, 9.17) is 4.42 Å². The first-order chi connectivity index (χ1) is 12.1. The van der Waals surface area contributed by atoms with Crippen molar-refractivity contribution in [3.63, 3.8) is 0 Å². The average Bonchev–Trinajstić information content (AvgIpc) is 3.14. The molecule has 0 saturated heterocycles. The van der Waals surface area contributed by atoms with E-state index in [1.54, 1.807) is 19.1 Å². The molecule has 0 bridgehead atoms. The summed E-state index contributed by atoms with van der Waals surface area (Å²) in [6, 6.07) is 10.3. The van der Waals surface area contributed by atoms with E-state index in [1.165, 1.54) is 23.5 Å². The van der Waals surface area contributed by atoms with Crippen LogP contribution in [0.3, 0.4) is 0 Å². The predicted octanol–water partition coefficient (Wildman–Crippen LogP) is 4.66. The lowest BCUT2D eigenvalue weighted by Crippen LogP contribution is -2.33. The van der Waals surface area contributed by atoms with E-state index in [0.29, 0.717) is 23.9 Å². The Morgan fingerprint density at radius 1 is 1.32 bits per heavy atom. The summed E-state index contributed by atoms with van der Waals surface area (Å²) >= 11 is 1.52. The molecule has 0 atom stereocenters. The topological polar surface area (TPSA) is 46.3 Å². The van der Waals surface area contributed by atoms with Gasteiger partial charge >= 0.3 is 0 Å². The molecule has 6 heteroatoms. The first-order valence-electron chi connectivity index (χ1n) is 8.18. The Kier molecular flexibility index (Phi) is 4.13. The van der Waals surface area contributed by atoms with E-state index < -0.39 is 0 Å². The van der Waals surface area contributed by atoms with Gasteiger partial charge in [0.1, 0.15) is 11.6 Å². The van der Waals surface area contributed by atoms with Crippen LogP contribution in [0, 0.1) is 12.7 Å². The van der Waals surface area contributed by atoms with Crippen molar-refractivity contribution in [2.24, 2.45) is 0 Å². The van der Waals surface area contributed by atoms with Gasteiger partial charge in [-0.2, -0.15) is 0 Å². The zero-order valence-electron chi connectivity index (χ0n) is 13.7. The van der Waals surface area contributed by atoms with E-state index in [1.807, 2.05) is 22.4 Å². The normalized spacial score (nSPS) is 13.8.